The minimum atomic E-state index is 0.595. The molecule has 0 amide bonds. The van der Waals surface area contributed by atoms with E-state index in [2.05, 4.69) is 36.3 Å². The highest BCUT2D eigenvalue weighted by molar-refractivity contribution is 5.80. The maximum Gasteiger partial charge on any atom is 0.191 e. The fourth-order valence-corrected chi connectivity index (χ4v) is 2.75. The van der Waals surface area contributed by atoms with Gasteiger partial charge in [0.05, 0.1) is 6.54 Å². The number of nitrogens with zero attached hydrogens (tertiary/aromatic N) is 2. The van der Waals surface area contributed by atoms with Crippen LogP contribution in [0.2, 0.25) is 0 Å². The van der Waals surface area contributed by atoms with Gasteiger partial charge in [-0.3, -0.25) is 9.89 Å². The average Bonchev–Trinajstić information content (AvgIpc) is 3.02. The molecule has 110 valence electrons. The molecule has 1 aliphatic carbocycles. The first-order chi connectivity index (χ1) is 9.20. The Hall–Kier alpha value is -0.770. The normalized spacial score (nSPS) is 22.8. The molecule has 2 rings (SSSR count). The van der Waals surface area contributed by atoms with Crippen LogP contribution < -0.4 is 10.6 Å². The lowest BCUT2D eigenvalue weighted by atomic mass is 10.0. The molecule has 1 saturated carbocycles. The van der Waals surface area contributed by atoms with Crippen molar-refractivity contribution in [2.45, 2.75) is 58.5 Å². The third-order valence-corrected chi connectivity index (χ3v) is 4.08. The highest BCUT2D eigenvalue weighted by Gasteiger charge is 2.25. The zero-order valence-electron chi connectivity index (χ0n) is 12.8. The van der Waals surface area contributed by atoms with Gasteiger partial charge in [0.2, 0.25) is 0 Å². The standard InChI is InChI=1S/C15H30N4/c1-4-16-15(18-13-7-8-13)17-11-14(12(2)3)19-9-5-6-10-19/h12-14H,4-11H2,1-3H3,(H2,16,17,18). The van der Waals surface area contributed by atoms with Gasteiger partial charge in [-0.15, -0.1) is 0 Å². The zero-order chi connectivity index (χ0) is 13.7. The Labute approximate surface area is 118 Å². The number of rotatable bonds is 6. The molecule has 1 aliphatic heterocycles. The quantitative estimate of drug-likeness (QED) is 0.569. The SMILES string of the molecule is CCNC(=NCC(C(C)C)N1CCCC1)NC1CC1. The van der Waals surface area contributed by atoms with Gasteiger partial charge in [-0.25, -0.2) is 0 Å². The summed E-state index contributed by atoms with van der Waals surface area (Å²) in [6, 6.07) is 1.26. The Kier molecular flexibility index (Phi) is 5.49. The molecule has 0 aromatic heterocycles. The molecule has 0 aromatic rings. The van der Waals surface area contributed by atoms with Crippen LogP contribution in [0.25, 0.3) is 0 Å². The van der Waals surface area contributed by atoms with Crippen LogP contribution in [0.15, 0.2) is 4.99 Å². The van der Waals surface area contributed by atoms with Crippen molar-refractivity contribution in [3.8, 4) is 0 Å². The summed E-state index contributed by atoms with van der Waals surface area (Å²) in [4.78, 5) is 7.43. The Morgan fingerprint density at radius 1 is 1.26 bits per heavy atom. The summed E-state index contributed by atoms with van der Waals surface area (Å²) in [6.45, 7) is 11.1. The van der Waals surface area contributed by atoms with Crippen molar-refractivity contribution in [2.24, 2.45) is 10.9 Å². The van der Waals surface area contributed by atoms with Crippen LogP contribution >= 0.6 is 0 Å². The van der Waals surface area contributed by atoms with E-state index in [1.165, 1.54) is 38.8 Å². The lowest BCUT2D eigenvalue weighted by molar-refractivity contribution is 0.197. The van der Waals surface area contributed by atoms with Crippen LogP contribution in [0.3, 0.4) is 0 Å². The van der Waals surface area contributed by atoms with E-state index in [-0.39, 0.29) is 0 Å². The lowest BCUT2D eigenvalue weighted by Gasteiger charge is -2.29. The molecule has 19 heavy (non-hydrogen) atoms. The molecule has 1 unspecified atom stereocenters. The summed E-state index contributed by atoms with van der Waals surface area (Å²) in [5.74, 6) is 1.68. The van der Waals surface area contributed by atoms with Crippen LogP contribution in [-0.2, 0) is 0 Å². The summed E-state index contributed by atoms with van der Waals surface area (Å²) in [5.41, 5.74) is 0. The van der Waals surface area contributed by atoms with Crippen molar-refractivity contribution >= 4 is 5.96 Å². The molecule has 4 nitrogen and oxygen atoms in total. The number of aliphatic imine (C=N–C) groups is 1. The summed E-state index contributed by atoms with van der Waals surface area (Å²) in [6.07, 6.45) is 5.30. The molecule has 0 radical (unpaired) electrons. The van der Waals surface area contributed by atoms with Gasteiger partial charge in [-0.1, -0.05) is 13.8 Å². The maximum atomic E-state index is 4.81. The van der Waals surface area contributed by atoms with E-state index < -0.39 is 0 Å². The predicted octanol–water partition coefficient (Wildman–Crippen LogP) is 1.82. The number of nitrogens with one attached hydrogen (secondary N) is 2. The maximum absolute atomic E-state index is 4.81. The second-order valence-corrected chi connectivity index (χ2v) is 6.19. The van der Waals surface area contributed by atoms with Crippen molar-refractivity contribution in [3.63, 3.8) is 0 Å². The summed E-state index contributed by atoms with van der Waals surface area (Å²) in [5, 5.41) is 6.86. The van der Waals surface area contributed by atoms with Gasteiger partial charge in [0.1, 0.15) is 0 Å². The minimum Gasteiger partial charge on any atom is -0.357 e. The lowest BCUT2D eigenvalue weighted by Crippen LogP contribution is -2.42. The Morgan fingerprint density at radius 3 is 2.47 bits per heavy atom. The van der Waals surface area contributed by atoms with Crippen molar-refractivity contribution in [1.82, 2.24) is 15.5 Å². The number of likely N-dealkylation sites (tertiary alicyclic amines) is 1. The number of guanidine groups is 1. The fraction of sp³-hybridized carbons (Fsp3) is 0.933. The zero-order valence-corrected chi connectivity index (χ0v) is 12.8. The van der Waals surface area contributed by atoms with Gasteiger partial charge in [0, 0.05) is 18.6 Å². The van der Waals surface area contributed by atoms with Gasteiger partial charge < -0.3 is 10.6 Å². The van der Waals surface area contributed by atoms with E-state index in [1.54, 1.807) is 0 Å². The van der Waals surface area contributed by atoms with Crippen molar-refractivity contribution in [3.05, 3.63) is 0 Å². The van der Waals surface area contributed by atoms with Gasteiger partial charge in [-0.2, -0.15) is 0 Å². The largest absolute Gasteiger partial charge is 0.357 e. The summed E-state index contributed by atoms with van der Waals surface area (Å²) in [7, 11) is 0. The van der Waals surface area contributed by atoms with Crippen LogP contribution in [0.5, 0.6) is 0 Å². The van der Waals surface area contributed by atoms with Crippen LogP contribution in [0.1, 0.15) is 46.5 Å². The molecule has 0 spiro atoms. The van der Waals surface area contributed by atoms with E-state index >= 15 is 0 Å². The van der Waals surface area contributed by atoms with E-state index in [0.29, 0.717) is 18.0 Å². The first kappa shape index (κ1) is 14.6. The third kappa shape index (κ3) is 4.68. The minimum absolute atomic E-state index is 0.595. The fourth-order valence-electron chi connectivity index (χ4n) is 2.75. The summed E-state index contributed by atoms with van der Waals surface area (Å²) < 4.78 is 0. The molecule has 0 aromatic carbocycles. The van der Waals surface area contributed by atoms with Gasteiger partial charge in [0.25, 0.3) is 0 Å². The first-order valence-electron chi connectivity index (χ1n) is 7.99. The Morgan fingerprint density at radius 2 is 1.95 bits per heavy atom. The Balaban J connectivity index is 1.89. The van der Waals surface area contributed by atoms with Crippen LogP contribution in [-0.4, -0.2) is 49.1 Å². The smallest absolute Gasteiger partial charge is 0.191 e. The number of hydrogen-bond acceptors (Lipinski definition) is 2. The van der Waals surface area contributed by atoms with Crippen molar-refractivity contribution in [2.75, 3.05) is 26.2 Å². The molecular weight excluding hydrogens is 236 g/mol. The molecule has 2 aliphatic rings. The topological polar surface area (TPSA) is 39.7 Å². The van der Waals surface area contributed by atoms with Gasteiger partial charge in [-0.05, 0) is 51.6 Å². The molecule has 0 bridgehead atoms. The van der Waals surface area contributed by atoms with E-state index in [4.69, 9.17) is 4.99 Å². The molecule has 1 saturated heterocycles. The molecule has 2 N–H and O–H groups in total. The highest BCUT2D eigenvalue weighted by Crippen LogP contribution is 2.19. The van der Waals surface area contributed by atoms with Crippen LogP contribution in [0, 0.1) is 5.92 Å². The second kappa shape index (κ2) is 7.13. The van der Waals surface area contributed by atoms with Gasteiger partial charge >= 0.3 is 0 Å². The summed E-state index contributed by atoms with van der Waals surface area (Å²) >= 11 is 0. The predicted molar refractivity (Wildman–Crippen MR) is 81.6 cm³/mol. The second-order valence-electron chi connectivity index (χ2n) is 6.19. The third-order valence-electron chi connectivity index (χ3n) is 4.08. The molecule has 1 heterocycles. The number of hydrogen-bond donors (Lipinski definition) is 2. The first-order valence-corrected chi connectivity index (χ1v) is 7.99. The monoisotopic (exact) mass is 266 g/mol. The highest BCUT2D eigenvalue weighted by atomic mass is 15.2. The average molecular weight is 266 g/mol. The molecule has 2 fully saturated rings. The van der Waals surface area contributed by atoms with E-state index in [9.17, 15) is 0 Å². The Bertz CT molecular complexity index is 291. The molecule has 1 atom stereocenters. The van der Waals surface area contributed by atoms with Crippen molar-refractivity contribution in [1.29, 1.82) is 0 Å². The van der Waals surface area contributed by atoms with E-state index in [1.807, 2.05) is 0 Å². The van der Waals surface area contributed by atoms with Gasteiger partial charge in [0.15, 0.2) is 5.96 Å². The van der Waals surface area contributed by atoms with Crippen LogP contribution in [0.4, 0.5) is 0 Å². The van der Waals surface area contributed by atoms with Crippen molar-refractivity contribution < 1.29 is 0 Å². The molecule has 4 heteroatoms. The van der Waals surface area contributed by atoms with E-state index in [0.717, 1.165) is 19.0 Å². The molecular formula is C15H30N4.